The van der Waals surface area contributed by atoms with Crippen LogP contribution in [0.2, 0.25) is 0 Å². The second-order valence-electron chi connectivity index (χ2n) is 6.53. The standard InChI is InChI=1S/C19H21F3N2O3S/c1-27-16-8-6-15(7-9-16)14-23-10-12-24(13-11-23)17-4-2-3-5-18(17)28(25,26)19(20,21)22/h2-9H,10-14H2,1H3. The summed E-state index contributed by atoms with van der Waals surface area (Å²) in [5, 5.41) is 0. The number of methoxy groups -OCH3 is 1. The molecule has 0 N–H and O–H groups in total. The predicted octanol–water partition coefficient (Wildman–Crippen LogP) is 3.31. The van der Waals surface area contributed by atoms with Crippen molar-refractivity contribution in [1.29, 1.82) is 0 Å². The number of halogens is 3. The molecule has 0 unspecified atom stereocenters. The minimum atomic E-state index is -5.39. The van der Waals surface area contributed by atoms with E-state index < -0.39 is 20.2 Å². The van der Waals surface area contributed by atoms with E-state index in [1.165, 1.54) is 12.1 Å². The quantitative estimate of drug-likeness (QED) is 0.752. The fourth-order valence-corrected chi connectivity index (χ4v) is 4.19. The lowest BCUT2D eigenvalue weighted by Gasteiger charge is -2.37. The zero-order valence-electron chi connectivity index (χ0n) is 15.3. The van der Waals surface area contributed by atoms with Crippen molar-refractivity contribution < 1.29 is 26.3 Å². The number of rotatable bonds is 5. The van der Waals surface area contributed by atoms with Crippen molar-refractivity contribution in [2.24, 2.45) is 0 Å². The Morgan fingerprint density at radius 3 is 2.14 bits per heavy atom. The maximum atomic E-state index is 13.0. The van der Waals surface area contributed by atoms with E-state index in [0.717, 1.165) is 17.4 Å². The Hall–Kier alpha value is -2.26. The van der Waals surface area contributed by atoms with E-state index in [1.807, 2.05) is 24.3 Å². The maximum absolute atomic E-state index is 13.0. The lowest BCUT2D eigenvalue weighted by atomic mass is 10.2. The molecule has 0 saturated carbocycles. The van der Waals surface area contributed by atoms with Crippen LogP contribution in [0.5, 0.6) is 5.75 Å². The minimum Gasteiger partial charge on any atom is -0.497 e. The molecule has 1 aliphatic heterocycles. The number of nitrogens with zero attached hydrogens (tertiary/aromatic N) is 2. The van der Waals surface area contributed by atoms with Crippen molar-refractivity contribution in [2.45, 2.75) is 16.9 Å². The largest absolute Gasteiger partial charge is 0.501 e. The van der Waals surface area contributed by atoms with Crippen LogP contribution >= 0.6 is 0 Å². The number of ether oxygens (including phenoxy) is 1. The maximum Gasteiger partial charge on any atom is 0.501 e. The summed E-state index contributed by atoms with van der Waals surface area (Å²) in [7, 11) is -3.79. The molecule has 2 aromatic rings. The molecule has 0 bridgehead atoms. The van der Waals surface area contributed by atoms with E-state index in [0.29, 0.717) is 32.7 Å². The smallest absolute Gasteiger partial charge is 0.497 e. The van der Waals surface area contributed by atoms with Crippen LogP contribution in [-0.2, 0) is 16.4 Å². The number of benzene rings is 2. The van der Waals surface area contributed by atoms with E-state index in [-0.39, 0.29) is 5.69 Å². The third-order valence-corrected chi connectivity index (χ3v) is 6.27. The SMILES string of the molecule is COc1ccc(CN2CCN(c3ccccc3S(=O)(=O)C(F)(F)F)CC2)cc1. The molecule has 1 aliphatic rings. The fourth-order valence-electron chi connectivity index (χ4n) is 3.21. The predicted molar refractivity (Wildman–Crippen MR) is 100 cm³/mol. The average Bonchev–Trinajstić information content (AvgIpc) is 2.68. The zero-order valence-corrected chi connectivity index (χ0v) is 16.1. The van der Waals surface area contributed by atoms with Crippen molar-refractivity contribution >= 4 is 15.5 Å². The van der Waals surface area contributed by atoms with Gasteiger partial charge in [-0.15, -0.1) is 0 Å². The number of alkyl halides is 3. The number of hydrogen-bond acceptors (Lipinski definition) is 5. The van der Waals surface area contributed by atoms with Gasteiger partial charge in [-0.05, 0) is 29.8 Å². The number of hydrogen-bond donors (Lipinski definition) is 0. The van der Waals surface area contributed by atoms with E-state index in [2.05, 4.69) is 4.90 Å². The first-order valence-corrected chi connectivity index (χ1v) is 10.2. The van der Waals surface area contributed by atoms with Gasteiger partial charge < -0.3 is 9.64 Å². The summed E-state index contributed by atoms with van der Waals surface area (Å²) < 4.78 is 67.9. The van der Waals surface area contributed by atoms with Crippen molar-refractivity contribution in [1.82, 2.24) is 4.90 Å². The number of anilines is 1. The molecular weight excluding hydrogens is 393 g/mol. The van der Waals surface area contributed by atoms with Gasteiger partial charge in [0, 0.05) is 32.7 Å². The molecule has 9 heteroatoms. The van der Waals surface area contributed by atoms with Gasteiger partial charge in [0.25, 0.3) is 9.84 Å². The first-order valence-electron chi connectivity index (χ1n) is 8.73. The van der Waals surface area contributed by atoms with E-state index in [4.69, 9.17) is 4.74 Å². The lowest BCUT2D eigenvalue weighted by Crippen LogP contribution is -2.46. The summed E-state index contributed by atoms with van der Waals surface area (Å²) in [5.74, 6) is 0.774. The van der Waals surface area contributed by atoms with E-state index in [1.54, 1.807) is 18.1 Å². The molecule has 0 amide bonds. The van der Waals surface area contributed by atoms with Gasteiger partial charge in [0.2, 0.25) is 0 Å². The van der Waals surface area contributed by atoms with Crippen LogP contribution in [-0.4, -0.2) is 52.1 Å². The van der Waals surface area contributed by atoms with Crippen molar-refractivity contribution in [3.8, 4) is 5.75 Å². The second-order valence-corrected chi connectivity index (χ2v) is 8.44. The normalized spacial score (nSPS) is 16.2. The molecule has 1 fully saturated rings. The molecule has 5 nitrogen and oxygen atoms in total. The molecule has 28 heavy (non-hydrogen) atoms. The highest BCUT2D eigenvalue weighted by atomic mass is 32.2. The molecule has 0 aromatic heterocycles. The van der Waals surface area contributed by atoms with Crippen molar-refractivity contribution in [3.63, 3.8) is 0 Å². The molecule has 2 aromatic carbocycles. The van der Waals surface area contributed by atoms with Crippen LogP contribution in [0.15, 0.2) is 53.4 Å². The monoisotopic (exact) mass is 414 g/mol. The van der Waals surface area contributed by atoms with Crippen LogP contribution in [0.3, 0.4) is 0 Å². The summed E-state index contributed by atoms with van der Waals surface area (Å²) in [5.41, 5.74) is -4.11. The van der Waals surface area contributed by atoms with E-state index in [9.17, 15) is 21.6 Å². The highest BCUT2D eigenvalue weighted by molar-refractivity contribution is 7.92. The van der Waals surface area contributed by atoms with Crippen LogP contribution < -0.4 is 9.64 Å². The van der Waals surface area contributed by atoms with Gasteiger partial charge in [-0.2, -0.15) is 13.2 Å². The molecule has 152 valence electrons. The van der Waals surface area contributed by atoms with Gasteiger partial charge in [0.1, 0.15) is 5.75 Å². The van der Waals surface area contributed by atoms with Gasteiger partial charge in [0.15, 0.2) is 0 Å². The third-order valence-electron chi connectivity index (χ3n) is 4.74. The van der Waals surface area contributed by atoms with Gasteiger partial charge in [-0.3, -0.25) is 4.90 Å². The topological polar surface area (TPSA) is 49.9 Å². The Morgan fingerprint density at radius 2 is 1.57 bits per heavy atom. The lowest BCUT2D eigenvalue weighted by molar-refractivity contribution is -0.0435. The molecule has 1 saturated heterocycles. The Morgan fingerprint density at radius 1 is 0.964 bits per heavy atom. The molecular formula is C19H21F3N2O3S. The summed E-state index contributed by atoms with van der Waals surface area (Å²) in [6.45, 7) is 2.83. The molecule has 3 rings (SSSR count). The minimum absolute atomic E-state index is 0.101. The first-order chi connectivity index (χ1) is 13.2. The highest BCUT2D eigenvalue weighted by Gasteiger charge is 2.48. The van der Waals surface area contributed by atoms with Gasteiger partial charge >= 0.3 is 5.51 Å². The van der Waals surface area contributed by atoms with Crippen LogP contribution in [0.25, 0.3) is 0 Å². The molecule has 0 aliphatic carbocycles. The Balaban J connectivity index is 1.70. The molecule has 1 heterocycles. The van der Waals surface area contributed by atoms with Crippen LogP contribution in [0.1, 0.15) is 5.56 Å². The van der Waals surface area contributed by atoms with Crippen LogP contribution in [0.4, 0.5) is 18.9 Å². The summed E-state index contributed by atoms with van der Waals surface area (Å²) in [4.78, 5) is 3.19. The number of para-hydroxylation sites is 1. The highest BCUT2D eigenvalue weighted by Crippen LogP contribution is 2.36. The molecule has 0 spiro atoms. The second kappa shape index (κ2) is 8.00. The Labute approximate surface area is 162 Å². The van der Waals surface area contributed by atoms with Gasteiger partial charge in [-0.25, -0.2) is 8.42 Å². The summed E-state index contributed by atoms with van der Waals surface area (Å²) in [6.07, 6.45) is 0. The fraction of sp³-hybridized carbons (Fsp3) is 0.368. The average molecular weight is 414 g/mol. The van der Waals surface area contributed by atoms with Gasteiger partial charge in [-0.1, -0.05) is 24.3 Å². The summed E-state index contributed by atoms with van der Waals surface area (Å²) in [6, 6.07) is 13.0. The molecule has 0 radical (unpaired) electrons. The van der Waals surface area contributed by atoms with Gasteiger partial charge in [0.05, 0.1) is 17.7 Å². The Bertz CT molecular complexity index is 907. The third kappa shape index (κ3) is 4.25. The zero-order chi connectivity index (χ0) is 20.4. The van der Waals surface area contributed by atoms with Crippen molar-refractivity contribution in [3.05, 3.63) is 54.1 Å². The Kier molecular flexibility index (Phi) is 5.85. The number of sulfone groups is 1. The van der Waals surface area contributed by atoms with Crippen molar-refractivity contribution in [2.75, 3.05) is 38.2 Å². The van der Waals surface area contributed by atoms with Crippen LogP contribution in [0, 0.1) is 0 Å². The number of piperazine rings is 1. The molecule has 0 atom stereocenters. The summed E-state index contributed by atoms with van der Waals surface area (Å²) >= 11 is 0. The van der Waals surface area contributed by atoms with E-state index >= 15 is 0 Å². The first kappa shape index (κ1) is 20.5.